The van der Waals surface area contributed by atoms with Gasteiger partial charge in [0.25, 0.3) is 0 Å². The van der Waals surface area contributed by atoms with Gasteiger partial charge in [0.2, 0.25) is 0 Å². The van der Waals surface area contributed by atoms with Crippen LogP contribution in [0.15, 0.2) is 24.3 Å². The van der Waals surface area contributed by atoms with E-state index in [1.54, 1.807) is 29.8 Å². The van der Waals surface area contributed by atoms with Gasteiger partial charge in [-0.2, -0.15) is 0 Å². The number of carbonyl (C=O) groups is 1. The van der Waals surface area contributed by atoms with Crippen molar-refractivity contribution in [3.63, 3.8) is 0 Å². The monoisotopic (exact) mass is 530 g/mol. The Bertz CT molecular complexity index is 1010. The highest BCUT2D eigenvalue weighted by atomic mass is 32.1. The van der Waals surface area contributed by atoms with Crippen molar-refractivity contribution in [1.29, 1.82) is 0 Å². The SMILES string of the molecule is CCCCCCCCc1cc(C=O)sc1-c1ccc(-c2sc(OC)cc2CCCCCCCC)s1. The van der Waals surface area contributed by atoms with Crippen LogP contribution < -0.4 is 4.74 Å². The molecule has 0 aliphatic heterocycles. The fourth-order valence-corrected chi connectivity index (χ4v) is 7.92. The smallest absolute Gasteiger partial charge is 0.174 e. The molecule has 3 heterocycles. The van der Waals surface area contributed by atoms with E-state index in [9.17, 15) is 4.79 Å². The quantitative estimate of drug-likeness (QED) is 0.121. The second kappa shape index (κ2) is 15.6. The minimum absolute atomic E-state index is 0.845. The van der Waals surface area contributed by atoms with E-state index in [0.717, 1.165) is 29.1 Å². The fraction of sp³-hybridized carbons (Fsp3) is 0.567. The minimum atomic E-state index is 0.845. The van der Waals surface area contributed by atoms with E-state index >= 15 is 0 Å². The lowest BCUT2D eigenvalue weighted by atomic mass is 10.0. The summed E-state index contributed by atoms with van der Waals surface area (Å²) in [6.07, 6.45) is 18.8. The molecular weight excluding hydrogens is 489 g/mol. The number of aryl methyl sites for hydroxylation is 2. The van der Waals surface area contributed by atoms with Crippen molar-refractivity contribution in [2.45, 2.75) is 104 Å². The number of thiophene rings is 3. The second-order valence-electron chi connectivity index (χ2n) is 9.44. The van der Waals surface area contributed by atoms with Gasteiger partial charge in [-0.15, -0.1) is 22.7 Å². The number of rotatable bonds is 18. The molecule has 192 valence electrons. The number of aldehydes is 1. The van der Waals surface area contributed by atoms with Crippen molar-refractivity contribution in [2.75, 3.05) is 7.11 Å². The molecule has 0 aliphatic rings. The topological polar surface area (TPSA) is 26.3 Å². The van der Waals surface area contributed by atoms with Crippen molar-refractivity contribution < 1.29 is 9.53 Å². The third kappa shape index (κ3) is 8.58. The normalized spacial score (nSPS) is 11.3. The van der Waals surface area contributed by atoms with Crippen LogP contribution in [0.4, 0.5) is 0 Å². The van der Waals surface area contributed by atoms with Crippen LogP contribution >= 0.6 is 34.0 Å². The molecule has 35 heavy (non-hydrogen) atoms. The van der Waals surface area contributed by atoms with E-state index in [-0.39, 0.29) is 0 Å². The largest absolute Gasteiger partial charge is 0.487 e. The molecular formula is C30H42O2S3. The standard InChI is InChI=1S/C30H42O2S3/c1-4-6-8-10-12-14-16-23-20-25(22-31)33-29(23)26-18-19-27(34-26)30-24(21-28(32-3)35-30)17-15-13-11-9-7-5-2/h18-22H,4-17H2,1-3H3. The lowest BCUT2D eigenvalue weighted by molar-refractivity contribution is 0.112. The molecule has 3 aromatic rings. The second-order valence-corrected chi connectivity index (χ2v) is 12.6. The predicted molar refractivity (Wildman–Crippen MR) is 157 cm³/mol. The van der Waals surface area contributed by atoms with Gasteiger partial charge in [-0.1, -0.05) is 89.4 Å². The summed E-state index contributed by atoms with van der Waals surface area (Å²) in [4.78, 5) is 17.6. The van der Waals surface area contributed by atoms with Gasteiger partial charge in [0.15, 0.2) is 11.3 Å². The molecule has 3 aromatic heterocycles. The van der Waals surface area contributed by atoms with Gasteiger partial charge < -0.3 is 4.74 Å². The van der Waals surface area contributed by atoms with Gasteiger partial charge in [-0.25, -0.2) is 0 Å². The molecule has 5 heteroatoms. The lowest BCUT2D eigenvalue weighted by Gasteiger charge is -2.04. The van der Waals surface area contributed by atoms with Crippen molar-refractivity contribution in [3.8, 4) is 24.6 Å². The van der Waals surface area contributed by atoms with Gasteiger partial charge in [0.1, 0.15) is 0 Å². The first-order valence-electron chi connectivity index (χ1n) is 13.5. The molecule has 0 aromatic carbocycles. The van der Waals surface area contributed by atoms with Crippen LogP contribution in [0.1, 0.15) is 112 Å². The number of hydrogen-bond acceptors (Lipinski definition) is 5. The summed E-state index contributed by atoms with van der Waals surface area (Å²) in [6.45, 7) is 4.53. The zero-order chi connectivity index (χ0) is 24.9. The predicted octanol–water partition coefficient (Wildman–Crippen LogP) is 10.8. The van der Waals surface area contributed by atoms with Crippen LogP contribution in [0.25, 0.3) is 19.5 Å². The van der Waals surface area contributed by atoms with Gasteiger partial charge in [0.05, 0.1) is 16.9 Å². The highest BCUT2D eigenvalue weighted by Gasteiger charge is 2.17. The average Bonchev–Trinajstić information content (AvgIpc) is 3.61. The maximum Gasteiger partial charge on any atom is 0.174 e. The van der Waals surface area contributed by atoms with Crippen molar-refractivity contribution in [1.82, 2.24) is 0 Å². The molecule has 2 nitrogen and oxygen atoms in total. The molecule has 0 spiro atoms. The average molecular weight is 531 g/mol. The molecule has 0 unspecified atom stereocenters. The lowest BCUT2D eigenvalue weighted by Crippen LogP contribution is -1.86. The van der Waals surface area contributed by atoms with Crippen LogP contribution in [-0.2, 0) is 12.8 Å². The Morgan fingerprint density at radius 2 is 1.20 bits per heavy atom. The summed E-state index contributed by atoms with van der Waals surface area (Å²) < 4.78 is 5.61. The molecule has 0 N–H and O–H groups in total. The third-order valence-electron chi connectivity index (χ3n) is 6.58. The molecule has 0 fully saturated rings. The maximum atomic E-state index is 11.5. The minimum Gasteiger partial charge on any atom is -0.487 e. The van der Waals surface area contributed by atoms with Crippen LogP contribution in [0.2, 0.25) is 0 Å². The molecule has 0 saturated heterocycles. The van der Waals surface area contributed by atoms with E-state index in [4.69, 9.17) is 4.74 Å². The van der Waals surface area contributed by atoms with E-state index in [1.807, 2.05) is 11.3 Å². The zero-order valence-electron chi connectivity index (χ0n) is 21.8. The number of hydrogen-bond donors (Lipinski definition) is 0. The summed E-state index contributed by atoms with van der Waals surface area (Å²) in [5.74, 6) is 0. The third-order valence-corrected chi connectivity index (χ3v) is 10.3. The Kier molecular flexibility index (Phi) is 12.6. The maximum absolute atomic E-state index is 11.5. The van der Waals surface area contributed by atoms with Gasteiger partial charge in [-0.05, 0) is 61.1 Å². The molecule has 0 radical (unpaired) electrons. The van der Waals surface area contributed by atoms with E-state index in [1.165, 1.54) is 108 Å². The first-order valence-corrected chi connectivity index (χ1v) is 16.0. The Hall–Kier alpha value is -1.43. The molecule has 3 rings (SSSR count). The van der Waals surface area contributed by atoms with Gasteiger partial charge >= 0.3 is 0 Å². The van der Waals surface area contributed by atoms with Crippen LogP contribution in [0.3, 0.4) is 0 Å². The van der Waals surface area contributed by atoms with Gasteiger partial charge in [0, 0.05) is 14.6 Å². The molecule has 0 amide bonds. The number of unbranched alkanes of at least 4 members (excludes halogenated alkanes) is 10. The number of methoxy groups -OCH3 is 1. The molecule has 0 aliphatic carbocycles. The molecule has 0 saturated carbocycles. The van der Waals surface area contributed by atoms with Crippen molar-refractivity contribution >= 4 is 40.3 Å². The zero-order valence-corrected chi connectivity index (χ0v) is 24.3. The fourth-order valence-electron chi connectivity index (χ4n) is 4.57. The molecule has 0 atom stereocenters. The molecule has 0 bridgehead atoms. The van der Waals surface area contributed by atoms with E-state index in [0.29, 0.717) is 0 Å². The first-order chi connectivity index (χ1) is 17.2. The first kappa shape index (κ1) is 28.1. The Morgan fingerprint density at radius 3 is 1.74 bits per heavy atom. The van der Waals surface area contributed by atoms with Crippen LogP contribution in [-0.4, -0.2) is 13.4 Å². The summed E-state index contributed by atoms with van der Waals surface area (Å²) in [7, 11) is 1.77. The summed E-state index contributed by atoms with van der Waals surface area (Å²) in [5, 5.41) is 0.999. The summed E-state index contributed by atoms with van der Waals surface area (Å²) in [5.41, 5.74) is 2.76. The summed E-state index contributed by atoms with van der Waals surface area (Å²) in [6, 6.07) is 8.89. The Morgan fingerprint density at radius 1 is 0.686 bits per heavy atom. The Balaban J connectivity index is 1.70. The number of ether oxygens (including phenoxy) is 1. The van der Waals surface area contributed by atoms with E-state index in [2.05, 4.69) is 38.1 Å². The van der Waals surface area contributed by atoms with E-state index < -0.39 is 0 Å². The van der Waals surface area contributed by atoms with Crippen LogP contribution in [0.5, 0.6) is 5.06 Å². The van der Waals surface area contributed by atoms with Crippen molar-refractivity contribution in [3.05, 3.63) is 40.3 Å². The number of carbonyl (C=O) groups excluding carboxylic acids is 1. The van der Waals surface area contributed by atoms with Crippen LogP contribution in [0, 0.1) is 0 Å². The van der Waals surface area contributed by atoms with Gasteiger partial charge in [-0.3, -0.25) is 4.79 Å². The summed E-state index contributed by atoms with van der Waals surface area (Å²) >= 11 is 5.28. The Labute approximate surface area is 224 Å². The highest BCUT2D eigenvalue weighted by molar-refractivity contribution is 7.27. The van der Waals surface area contributed by atoms with Crippen molar-refractivity contribution in [2.24, 2.45) is 0 Å². The highest BCUT2D eigenvalue weighted by Crippen LogP contribution is 2.45.